The van der Waals surface area contributed by atoms with Gasteiger partial charge in [0.2, 0.25) is 0 Å². The van der Waals surface area contributed by atoms with Crippen LogP contribution in [-0.4, -0.2) is 0 Å². The molecule has 0 aliphatic heterocycles. The number of halogens is 3. The maximum Gasteiger partial charge on any atom is 0.137 e. The van der Waals surface area contributed by atoms with Crippen LogP contribution in [0.15, 0.2) is 56.3 Å². The van der Waals surface area contributed by atoms with Crippen LogP contribution < -0.4 is 0 Å². The standard InChI is InChI=1S/C13H9Br2FS/c14-10-2-1-3-11(7-10)17-8-9-4-5-13(16)12(15)6-9/h1-7H,8H2. The van der Waals surface area contributed by atoms with Crippen molar-refractivity contribution in [2.45, 2.75) is 10.6 Å². The minimum absolute atomic E-state index is 0.221. The van der Waals surface area contributed by atoms with Gasteiger partial charge in [-0.1, -0.05) is 28.1 Å². The van der Waals surface area contributed by atoms with E-state index < -0.39 is 0 Å². The van der Waals surface area contributed by atoms with Gasteiger partial charge in [0, 0.05) is 15.1 Å². The fraction of sp³-hybridized carbons (Fsp3) is 0.0769. The second-order valence-corrected chi connectivity index (χ2v) is 6.31. The van der Waals surface area contributed by atoms with Crippen molar-refractivity contribution in [1.29, 1.82) is 0 Å². The fourth-order valence-corrected chi connectivity index (χ4v) is 3.23. The summed E-state index contributed by atoms with van der Waals surface area (Å²) in [5.74, 6) is 0.608. The summed E-state index contributed by atoms with van der Waals surface area (Å²) in [6, 6.07) is 13.3. The third-order valence-corrected chi connectivity index (χ3v) is 4.35. The lowest BCUT2D eigenvalue weighted by Gasteiger charge is -2.03. The Bertz CT molecular complexity index is 529. The van der Waals surface area contributed by atoms with Gasteiger partial charge in [0.05, 0.1) is 4.47 Å². The highest BCUT2D eigenvalue weighted by Crippen LogP contribution is 2.27. The van der Waals surface area contributed by atoms with Crippen molar-refractivity contribution < 1.29 is 4.39 Å². The monoisotopic (exact) mass is 374 g/mol. The molecule has 0 fully saturated rings. The van der Waals surface area contributed by atoms with E-state index in [2.05, 4.69) is 44.0 Å². The van der Waals surface area contributed by atoms with Crippen molar-refractivity contribution in [1.82, 2.24) is 0 Å². The Hall–Kier alpha value is -0.320. The van der Waals surface area contributed by atoms with Crippen LogP contribution in [-0.2, 0) is 5.75 Å². The van der Waals surface area contributed by atoms with Crippen LogP contribution >= 0.6 is 43.6 Å². The molecule has 88 valence electrons. The minimum atomic E-state index is -0.221. The molecule has 0 radical (unpaired) electrons. The van der Waals surface area contributed by atoms with Crippen LogP contribution in [0.1, 0.15) is 5.56 Å². The lowest BCUT2D eigenvalue weighted by Crippen LogP contribution is -1.84. The highest BCUT2D eigenvalue weighted by Gasteiger charge is 2.01. The van der Waals surface area contributed by atoms with Gasteiger partial charge < -0.3 is 0 Å². The summed E-state index contributed by atoms with van der Waals surface area (Å²) in [5.41, 5.74) is 1.10. The average molecular weight is 376 g/mol. The molecule has 0 nitrogen and oxygen atoms in total. The first kappa shape index (κ1) is 13.1. The number of thioether (sulfide) groups is 1. The third kappa shape index (κ3) is 3.83. The van der Waals surface area contributed by atoms with Gasteiger partial charge in [-0.25, -0.2) is 4.39 Å². The second-order valence-electron chi connectivity index (χ2n) is 3.49. The van der Waals surface area contributed by atoms with Gasteiger partial charge in [0.15, 0.2) is 0 Å². The lowest BCUT2D eigenvalue weighted by atomic mass is 10.2. The van der Waals surface area contributed by atoms with Crippen LogP contribution in [0.2, 0.25) is 0 Å². The van der Waals surface area contributed by atoms with Crippen molar-refractivity contribution in [3.05, 3.63) is 62.8 Å². The van der Waals surface area contributed by atoms with Crippen LogP contribution in [0.3, 0.4) is 0 Å². The van der Waals surface area contributed by atoms with Gasteiger partial charge in [0.1, 0.15) is 5.82 Å². The molecule has 2 aromatic rings. The average Bonchev–Trinajstić information content (AvgIpc) is 2.31. The molecular formula is C13H9Br2FS. The Labute approximate surface area is 121 Å². The molecule has 0 N–H and O–H groups in total. The molecule has 2 rings (SSSR count). The van der Waals surface area contributed by atoms with Crippen molar-refractivity contribution in [2.75, 3.05) is 0 Å². The first-order chi connectivity index (χ1) is 8.15. The summed E-state index contributed by atoms with van der Waals surface area (Å²) < 4.78 is 14.6. The highest BCUT2D eigenvalue weighted by molar-refractivity contribution is 9.10. The Balaban J connectivity index is 2.05. The largest absolute Gasteiger partial charge is 0.206 e. The van der Waals surface area contributed by atoms with E-state index in [1.54, 1.807) is 11.8 Å². The molecule has 0 aromatic heterocycles. The van der Waals surface area contributed by atoms with Gasteiger partial charge in [-0.3, -0.25) is 0 Å². The van der Waals surface area contributed by atoms with E-state index in [4.69, 9.17) is 0 Å². The topological polar surface area (TPSA) is 0 Å². The molecule has 0 saturated carbocycles. The summed E-state index contributed by atoms with van der Waals surface area (Å²) in [6.45, 7) is 0. The Kier molecular flexibility index (Phi) is 4.65. The van der Waals surface area contributed by atoms with Gasteiger partial charge in [0.25, 0.3) is 0 Å². The lowest BCUT2D eigenvalue weighted by molar-refractivity contribution is 0.620. The van der Waals surface area contributed by atoms with E-state index in [-0.39, 0.29) is 5.82 Å². The number of hydrogen-bond donors (Lipinski definition) is 0. The normalized spacial score (nSPS) is 10.5. The Morgan fingerprint density at radius 2 is 1.88 bits per heavy atom. The van der Waals surface area contributed by atoms with E-state index in [0.717, 1.165) is 15.8 Å². The molecular weight excluding hydrogens is 367 g/mol. The number of rotatable bonds is 3. The van der Waals surface area contributed by atoms with Gasteiger partial charge >= 0.3 is 0 Å². The van der Waals surface area contributed by atoms with Crippen LogP contribution in [0, 0.1) is 5.82 Å². The molecule has 0 spiro atoms. The maximum absolute atomic E-state index is 13.1. The molecule has 0 unspecified atom stereocenters. The van der Waals surface area contributed by atoms with Crippen molar-refractivity contribution in [3.8, 4) is 0 Å². The summed E-state index contributed by atoms with van der Waals surface area (Å²) in [7, 11) is 0. The Morgan fingerprint density at radius 1 is 1.06 bits per heavy atom. The summed E-state index contributed by atoms with van der Waals surface area (Å²) in [4.78, 5) is 1.19. The van der Waals surface area contributed by atoms with Gasteiger partial charge in [-0.2, -0.15) is 0 Å². The molecule has 0 saturated heterocycles. The van der Waals surface area contributed by atoms with Crippen molar-refractivity contribution in [2.24, 2.45) is 0 Å². The molecule has 0 bridgehead atoms. The molecule has 4 heteroatoms. The molecule has 2 aromatic carbocycles. The highest BCUT2D eigenvalue weighted by atomic mass is 79.9. The van der Waals surface area contributed by atoms with E-state index in [1.165, 1.54) is 11.0 Å². The zero-order chi connectivity index (χ0) is 12.3. The van der Waals surface area contributed by atoms with Crippen molar-refractivity contribution in [3.63, 3.8) is 0 Å². The fourth-order valence-electron chi connectivity index (χ4n) is 1.35. The first-order valence-electron chi connectivity index (χ1n) is 4.97. The summed E-state index contributed by atoms with van der Waals surface area (Å²) >= 11 is 8.36. The van der Waals surface area contributed by atoms with E-state index in [9.17, 15) is 4.39 Å². The molecule has 0 aliphatic rings. The zero-order valence-electron chi connectivity index (χ0n) is 8.79. The zero-order valence-corrected chi connectivity index (χ0v) is 12.8. The first-order valence-corrected chi connectivity index (χ1v) is 7.54. The van der Waals surface area contributed by atoms with Gasteiger partial charge in [-0.05, 0) is 51.8 Å². The second kappa shape index (κ2) is 6.03. The van der Waals surface area contributed by atoms with Gasteiger partial charge in [-0.15, -0.1) is 11.8 Å². The smallest absolute Gasteiger partial charge is 0.137 e. The summed E-state index contributed by atoms with van der Waals surface area (Å²) in [6.07, 6.45) is 0. The number of hydrogen-bond acceptors (Lipinski definition) is 1. The van der Waals surface area contributed by atoms with Crippen LogP contribution in [0.4, 0.5) is 4.39 Å². The third-order valence-electron chi connectivity index (χ3n) is 2.19. The maximum atomic E-state index is 13.1. The molecule has 0 atom stereocenters. The van der Waals surface area contributed by atoms with Crippen LogP contribution in [0.25, 0.3) is 0 Å². The minimum Gasteiger partial charge on any atom is -0.206 e. The van der Waals surface area contributed by atoms with Crippen LogP contribution in [0.5, 0.6) is 0 Å². The SMILES string of the molecule is Fc1ccc(CSc2cccc(Br)c2)cc1Br. The van der Waals surface area contributed by atoms with E-state index in [1.807, 2.05) is 24.3 Å². The molecule has 0 aliphatic carbocycles. The number of benzene rings is 2. The molecule has 0 heterocycles. The predicted octanol–water partition coefficient (Wildman–Crippen LogP) is 5.64. The van der Waals surface area contributed by atoms with E-state index in [0.29, 0.717) is 4.47 Å². The predicted molar refractivity (Wildman–Crippen MR) is 77.8 cm³/mol. The molecule has 17 heavy (non-hydrogen) atoms. The summed E-state index contributed by atoms with van der Waals surface area (Å²) in [5, 5.41) is 0. The molecule has 0 amide bonds. The van der Waals surface area contributed by atoms with Crippen molar-refractivity contribution >= 4 is 43.6 Å². The quantitative estimate of drug-likeness (QED) is 0.625. The Morgan fingerprint density at radius 3 is 2.59 bits per heavy atom. The van der Waals surface area contributed by atoms with E-state index >= 15 is 0 Å².